The van der Waals surface area contributed by atoms with Crippen LogP contribution < -0.4 is 10.1 Å². The fraction of sp³-hybridized carbons (Fsp3) is 0.167. The quantitative estimate of drug-likeness (QED) is 0.368. The summed E-state index contributed by atoms with van der Waals surface area (Å²) in [5.41, 5.74) is 4.46. The molecule has 4 nitrogen and oxygen atoms in total. The first-order valence-electron chi connectivity index (χ1n) is 11.6. The number of rotatable bonds is 5. The third-order valence-corrected chi connectivity index (χ3v) is 6.47. The fourth-order valence-corrected chi connectivity index (χ4v) is 4.89. The van der Waals surface area contributed by atoms with E-state index in [1.54, 1.807) is 19.0 Å². The molecule has 1 heterocycles. The van der Waals surface area contributed by atoms with E-state index in [2.05, 4.69) is 66.0 Å². The van der Waals surface area contributed by atoms with Gasteiger partial charge in [0.2, 0.25) is 0 Å². The normalized spacial score (nSPS) is 14.2. The van der Waals surface area contributed by atoms with E-state index >= 15 is 0 Å². The smallest absolute Gasteiger partial charge is 0.317 e. The Bertz CT molecular complexity index is 1230. The van der Waals surface area contributed by atoms with E-state index in [9.17, 15) is 4.79 Å². The third kappa shape index (κ3) is 4.15. The molecule has 0 saturated heterocycles. The highest BCUT2D eigenvalue weighted by molar-refractivity contribution is 5.74. The number of amides is 2. The zero-order valence-corrected chi connectivity index (χ0v) is 19.4. The minimum atomic E-state index is -0.261. The van der Waals surface area contributed by atoms with Crippen molar-refractivity contribution in [2.45, 2.75) is 17.9 Å². The highest BCUT2D eigenvalue weighted by Crippen LogP contribution is 2.53. The van der Waals surface area contributed by atoms with Crippen LogP contribution in [0.1, 0.15) is 40.1 Å². The molecule has 4 aromatic carbocycles. The van der Waals surface area contributed by atoms with Gasteiger partial charge in [0.05, 0.1) is 6.04 Å². The predicted molar refractivity (Wildman–Crippen MR) is 135 cm³/mol. The van der Waals surface area contributed by atoms with Crippen LogP contribution in [0.4, 0.5) is 4.79 Å². The van der Waals surface area contributed by atoms with Crippen LogP contribution in [0.15, 0.2) is 109 Å². The van der Waals surface area contributed by atoms with Gasteiger partial charge in [-0.3, -0.25) is 0 Å². The highest BCUT2D eigenvalue weighted by atomic mass is 16.5. The van der Waals surface area contributed by atoms with Gasteiger partial charge in [-0.05, 0) is 23.3 Å². The van der Waals surface area contributed by atoms with Crippen LogP contribution in [0.25, 0.3) is 0 Å². The zero-order valence-electron chi connectivity index (χ0n) is 19.4. The summed E-state index contributed by atoms with van der Waals surface area (Å²) in [5, 5.41) is 3.34. The minimum absolute atomic E-state index is 0.0174. The van der Waals surface area contributed by atoms with Gasteiger partial charge in [0.15, 0.2) is 0 Å². The Hall–Kier alpha value is -4.05. The van der Waals surface area contributed by atoms with Crippen LogP contribution in [0.2, 0.25) is 0 Å². The molecule has 0 aromatic heterocycles. The summed E-state index contributed by atoms with van der Waals surface area (Å²) in [6, 6.07) is 36.8. The second-order valence-electron chi connectivity index (χ2n) is 8.82. The molecule has 0 aliphatic carbocycles. The molecule has 0 bridgehead atoms. The summed E-state index contributed by atoms with van der Waals surface area (Å²) in [7, 11) is 3.54. The maximum atomic E-state index is 13.0. The van der Waals surface area contributed by atoms with E-state index in [4.69, 9.17) is 4.74 Å². The first-order valence-corrected chi connectivity index (χ1v) is 11.6. The van der Waals surface area contributed by atoms with Crippen molar-refractivity contribution in [2.24, 2.45) is 0 Å². The average molecular weight is 449 g/mol. The van der Waals surface area contributed by atoms with Crippen LogP contribution >= 0.6 is 0 Å². The van der Waals surface area contributed by atoms with Crippen LogP contribution in [0.5, 0.6) is 11.5 Å². The van der Waals surface area contributed by atoms with Gasteiger partial charge in [-0.2, -0.15) is 0 Å². The lowest BCUT2D eigenvalue weighted by Crippen LogP contribution is -2.41. The Labute approximate surface area is 200 Å². The van der Waals surface area contributed by atoms with Gasteiger partial charge in [0.25, 0.3) is 0 Å². The summed E-state index contributed by atoms with van der Waals surface area (Å²) in [6.07, 6.45) is 0. The first kappa shape index (κ1) is 21.8. The Balaban J connectivity index is 1.75. The lowest BCUT2D eigenvalue weighted by molar-refractivity contribution is 0.210. The molecule has 170 valence electrons. The molecule has 0 unspecified atom stereocenters. The largest absolute Gasteiger partial charge is 0.457 e. The minimum Gasteiger partial charge on any atom is -0.457 e. The number of hydrogen-bond acceptors (Lipinski definition) is 2. The van der Waals surface area contributed by atoms with Crippen molar-refractivity contribution in [2.75, 3.05) is 14.1 Å². The maximum Gasteiger partial charge on any atom is 0.317 e. The lowest BCUT2D eigenvalue weighted by Gasteiger charge is -2.39. The van der Waals surface area contributed by atoms with Crippen molar-refractivity contribution >= 4 is 6.03 Å². The Morgan fingerprint density at radius 1 is 0.706 bits per heavy atom. The van der Waals surface area contributed by atoms with Gasteiger partial charge in [-0.25, -0.2) is 4.79 Å². The monoisotopic (exact) mass is 448 g/mol. The number of urea groups is 1. The molecule has 0 fully saturated rings. The molecule has 5 rings (SSSR count). The molecular formula is C30H28N2O2. The number of ether oxygens (including phenoxy) is 1. The summed E-state index contributed by atoms with van der Waals surface area (Å²) in [6.45, 7) is 0. The van der Waals surface area contributed by atoms with Crippen LogP contribution in [0, 0.1) is 0 Å². The maximum absolute atomic E-state index is 13.0. The summed E-state index contributed by atoms with van der Waals surface area (Å²) >= 11 is 0. The van der Waals surface area contributed by atoms with Crippen molar-refractivity contribution in [1.29, 1.82) is 0 Å². The molecule has 1 aliphatic heterocycles. The van der Waals surface area contributed by atoms with Crippen molar-refractivity contribution in [3.05, 3.63) is 131 Å². The van der Waals surface area contributed by atoms with Gasteiger partial charge in [0.1, 0.15) is 11.5 Å². The number of carbonyl (C=O) groups excluding carboxylic acids is 1. The molecule has 0 radical (unpaired) electrons. The van der Waals surface area contributed by atoms with E-state index in [1.165, 1.54) is 0 Å². The Morgan fingerprint density at radius 3 is 1.71 bits per heavy atom. The van der Waals surface area contributed by atoms with E-state index < -0.39 is 0 Å². The van der Waals surface area contributed by atoms with Gasteiger partial charge in [-0.15, -0.1) is 0 Å². The molecule has 1 N–H and O–H groups in total. The van der Waals surface area contributed by atoms with Crippen molar-refractivity contribution in [3.63, 3.8) is 0 Å². The number of nitrogens with zero attached hydrogens (tertiary/aromatic N) is 1. The number of carbonyl (C=O) groups is 1. The van der Waals surface area contributed by atoms with E-state index in [-0.39, 0.29) is 23.9 Å². The number of nitrogens with one attached hydrogen (secondary N) is 1. The molecular weight excluding hydrogens is 420 g/mol. The number of hydrogen-bond donors (Lipinski definition) is 1. The van der Waals surface area contributed by atoms with Crippen molar-refractivity contribution < 1.29 is 9.53 Å². The highest BCUT2D eigenvalue weighted by Gasteiger charge is 2.39. The second kappa shape index (κ2) is 9.44. The van der Waals surface area contributed by atoms with Gasteiger partial charge in [0, 0.05) is 37.1 Å². The number of para-hydroxylation sites is 2. The number of fused-ring (bicyclic) bond motifs is 2. The molecule has 1 aliphatic rings. The van der Waals surface area contributed by atoms with Crippen LogP contribution in [-0.2, 0) is 0 Å². The van der Waals surface area contributed by atoms with E-state index in [1.807, 2.05) is 48.5 Å². The van der Waals surface area contributed by atoms with E-state index in [0.29, 0.717) is 0 Å². The van der Waals surface area contributed by atoms with Crippen LogP contribution in [0.3, 0.4) is 0 Å². The van der Waals surface area contributed by atoms with Crippen LogP contribution in [-0.4, -0.2) is 25.0 Å². The summed E-state index contributed by atoms with van der Waals surface area (Å²) < 4.78 is 6.30. The Morgan fingerprint density at radius 2 is 1.18 bits per heavy atom. The van der Waals surface area contributed by atoms with Gasteiger partial charge >= 0.3 is 6.03 Å². The third-order valence-electron chi connectivity index (χ3n) is 6.47. The molecule has 0 spiro atoms. The number of benzene rings is 4. The molecule has 0 saturated carbocycles. The topological polar surface area (TPSA) is 41.6 Å². The second-order valence-corrected chi connectivity index (χ2v) is 8.82. The molecule has 34 heavy (non-hydrogen) atoms. The van der Waals surface area contributed by atoms with Gasteiger partial charge in [-0.1, -0.05) is 97.1 Å². The van der Waals surface area contributed by atoms with E-state index in [0.717, 1.165) is 33.8 Å². The SMILES string of the molecule is CN(C)C(=O)N[C@H](c1ccccc1)[C@@H](c1ccccc1)C1c2ccccc2Oc2ccccc21. The zero-order chi connectivity index (χ0) is 23.5. The summed E-state index contributed by atoms with van der Waals surface area (Å²) in [5.74, 6) is 1.63. The lowest BCUT2D eigenvalue weighted by atomic mass is 9.70. The first-order chi connectivity index (χ1) is 16.6. The molecule has 2 amide bonds. The molecule has 4 heteroatoms. The molecule has 2 atom stereocenters. The fourth-order valence-electron chi connectivity index (χ4n) is 4.89. The summed E-state index contributed by atoms with van der Waals surface area (Å²) in [4.78, 5) is 14.6. The van der Waals surface area contributed by atoms with Crippen molar-refractivity contribution in [3.8, 4) is 11.5 Å². The standard InChI is InChI=1S/C30H28N2O2/c1-32(2)30(33)31-29(22-15-7-4-8-16-22)27(21-13-5-3-6-14-21)28-23-17-9-11-19-25(23)34-26-20-12-10-18-24(26)28/h3-20,27-29H,1-2H3,(H,31,33)/t27-,29+/m0/s1. The predicted octanol–water partition coefficient (Wildman–Crippen LogP) is 6.72. The molecule has 4 aromatic rings. The van der Waals surface area contributed by atoms with Crippen molar-refractivity contribution in [1.82, 2.24) is 10.2 Å². The van der Waals surface area contributed by atoms with Gasteiger partial charge < -0.3 is 15.0 Å². The average Bonchev–Trinajstić information content (AvgIpc) is 2.88. The Kier molecular flexibility index (Phi) is 6.05.